The van der Waals surface area contributed by atoms with Crippen molar-refractivity contribution in [1.82, 2.24) is 0 Å². The highest BCUT2D eigenvalue weighted by Gasteiger charge is 1.95. The average Bonchev–Trinajstić information content (AvgIpc) is 2.15. The molecule has 1 aromatic carbocycles. The minimum atomic E-state index is 0.275. The van der Waals surface area contributed by atoms with E-state index in [2.05, 4.69) is 21.2 Å². The van der Waals surface area contributed by atoms with E-state index in [-0.39, 0.29) is 6.61 Å². The summed E-state index contributed by atoms with van der Waals surface area (Å²) in [5.41, 5.74) is 1.11. The van der Waals surface area contributed by atoms with Gasteiger partial charge in [0.05, 0.1) is 0 Å². The highest BCUT2D eigenvalue weighted by atomic mass is 79.9. The Morgan fingerprint density at radius 2 is 2.00 bits per heavy atom. The van der Waals surface area contributed by atoms with Crippen LogP contribution in [0.25, 0.3) is 0 Å². The molecule has 1 rings (SSSR count). The number of hydrogen-bond donors (Lipinski definition) is 2. The summed E-state index contributed by atoms with van der Waals surface area (Å²) in [6.07, 6.45) is 1.86. The van der Waals surface area contributed by atoms with Crippen LogP contribution in [0.3, 0.4) is 0 Å². The van der Waals surface area contributed by atoms with Crippen molar-refractivity contribution in [3.63, 3.8) is 0 Å². The Morgan fingerprint density at radius 3 is 2.69 bits per heavy atom. The zero-order valence-electron chi connectivity index (χ0n) is 7.46. The minimum absolute atomic E-state index is 0.275. The first-order valence-corrected chi connectivity index (χ1v) is 5.23. The van der Waals surface area contributed by atoms with E-state index in [1.807, 2.05) is 24.3 Å². The Labute approximate surface area is 87.1 Å². The van der Waals surface area contributed by atoms with Gasteiger partial charge in [0.2, 0.25) is 0 Å². The van der Waals surface area contributed by atoms with Crippen LogP contribution >= 0.6 is 15.9 Å². The van der Waals surface area contributed by atoms with Crippen molar-refractivity contribution in [1.29, 1.82) is 0 Å². The molecule has 0 spiro atoms. The molecule has 0 heterocycles. The topological polar surface area (TPSA) is 32.3 Å². The van der Waals surface area contributed by atoms with Gasteiger partial charge in [-0.15, -0.1) is 0 Å². The van der Waals surface area contributed by atoms with E-state index in [0.717, 1.165) is 29.5 Å². The molecule has 0 fully saturated rings. The molecule has 13 heavy (non-hydrogen) atoms. The molecular weight excluding hydrogens is 230 g/mol. The van der Waals surface area contributed by atoms with Crippen LogP contribution in [-0.4, -0.2) is 18.3 Å². The van der Waals surface area contributed by atoms with Crippen LogP contribution in [0.4, 0.5) is 5.69 Å². The quantitative estimate of drug-likeness (QED) is 0.780. The molecule has 2 N–H and O–H groups in total. The highest BCUT2D eigenvalue weighted by Crippen LogP contribution is 2.20. The molecule has 0 aromatic heterocycles. The Morgan fingerprint density at radius 1 is 1.23 bits per heavy atom. The van der Waals surface area contributed by atoms with E-state index in [9.17, 15) is 0 Å². The Hall–Kier alpha value is -0.540. The van der Waals surface area contributed by atoms with Crippen LogP contribution in [0.2, 0.25) is 0 Å². The number of aliphatic hydroxyl groups excluding tert-OH is 1. The van der Waals surface area contributed by atoms with Crippen LogP contribution in [-0.2, 0) is 0 Å². The molecule has 0 unspecified atom stereocenters. The van der Waals surface area contributed by atoms with Crippen molar-refractivity contribution in [3.05, 3.63) is 28.7 Å². The second kappa shape index (κ2) is 6.00. The van der Waals surface area contributed by atoms with E-state index in [1.54, 1.807) is 0 Å². The summed E-state index contributed by atoms with van der Waals surface area (Å²) in [5, 5.41) is 11.9. The summed E-state index contributed by atoms with van der Waals surface area (Å²) in [7, 11) is 0. The molecule has 72 valence electrons. The monoisotopic (exact) mass is 243 g/mol. The molecule has 0 saturated carbocycles. The number of benzene rings is 1. The molecule has 2 nitrogen and oxygen atoms in total. The molecular formula is C10H14BrNO. The van der Waals surface area contributed by atoms with Crippen LogP contribution in [0.5, 0.6) is 0 Å². The van der Waals surface area contributed by atoms with Crippen LogP contribution < -0.4 is 5.32 Å². The Balaban J connectivity index is 2.32. The zero-order chi connectivity index (χ0) is 9.52. The van der Waals surface area contributed by atoms with Gasteiger partial charge < -0.3 is 10.4 Å². The first kappa shape index (κ1) is 10.5. The number of hydrogen-bond acceptors (Lipinski definition) is 2. The summed E-state index contributed by atoms with van der Waals surface area (Å²) >= 11 is 3.45. The van der Waals surface area contributed by atoms with Gasteiger partial charge in [0.1, 0.15) is 0 Å². The standard InChI is InChI=1S/C10H14BrNO/c11-9-5-1-2-6-10(9)12-7-3-4-8-13/h1-2,5-6,12-13H,3-4,7-8H2. The maximum absolute atomic E-state index is 8.58. The first-order valence-electron chi connectivity index (χ1n) is 4.44. The summed E-state index contributed by atoms with van der Waals surface area (Å²) in [5.74, 6) is 0. The molecule has 0 aliphatic rings. The highest BCUT2D eigenvalue weighted by molar-refractivity contribution is 9.10. The molecule has 0 aliphatic carbocycles. The number of nitrogens with one attached hydrogen (secondary N) is 1. The van der Waals surface area contributed by atoms with E-state index >= 15 is 0 Å². The van der Waals surface area contributed by atoms with Gasteiger partial charge >= 0.3 is 0 Å². The lowest BCUT2D eigenvalue weighted by molar-refractivity contribution is 0.286. The van der Waals surface area contributed by atoms with Crippen LogP contribution in [0.1, 0.15) is 12.8 Å². The number of halogens is 1. The van der Waals surface area contributed by atoms with Crippen LogP contribution in [0.15, 0.2) is 28.7 Å². The molecule has 0 amide bonds. The second-order valence-corrected chi connectivity index (χ2v) is 3.69. The molecule has 1 aromatic rings. The third-order valence-corrected chi connectivity index (χ3v) is 2.47. The van der Waals surface area contributed by atoms with E-state index < -0.39 is 0 Å². The maximum atomic E-state index is 8.58. The van der Waals surface area contributed by atoms with Gasteiger partial charge in [-0.1, -0.05) is 12.1 Å². The normalized spacial score (nSPS) is 10.0. The van der Waals surface area contributed by atoms with Crippen molar-refractivity contribution in [3.8, 4) is 0 Å². The molecule has 0 aliphatic heterocycles. The van der Waals surface area contributed by atoms with E-state index in [4.69, 9.17) is 5.11 Å². The zero-order valence-corrected chi connectivity index (χ0v) is 9.05. The van der Waals surface area contributed by atoms with Gasteiger partial charge in [-0.3, -0.25) is 0 Å². The van der Waals surface area contributed by atoms with Crippen molar-refractivity contribution < 1.29 is 5.11 Å². The van der Waals surface area contributed by atoms with Gasteiger partial charge in [-0.25, -0.2) is 0 Å². The SMILES string of the molecule is OCCCCNc1ccccc1Br. The fourth-order valence-corrected chi connectivity index (χ4v) is 1.49. The Kier molecular flexibility index (Phi) is 4.86. The van der Waals surface area contributed by atoms with Gasteiger partial charge in [-0.2, -0.15) is 0 Å². The third kappa shape index (κ3) is 3.79. The van der Waals surface area contributed by atoms with Gasteiger partial charge in [0.15, 0.2) is 0 Å². The Bertz CT molecular complexity index is 252. The molecule has 0 saturated heterocycles. The van der Waals surface area contributed by atoms with E-state index in [1.165, 1.54) is 0 Å². The molecule has 0 bridgehead atoms. The fraction of sp³-hybridized carbons (Fsp3) is 0.400. The first-order chi connectivity index (χ1) is 6.34. The van der Waals surface area contributed by atoms with Gasteiger partial charge in [-0.05, 0) is 40.9 Å². The lowest BCUT2D eigenvalue weighted by Gasteiger charge is -2.06. The number of unbranched alkanes of at least 4 members (excludes halogenated alkanes) is 1. The minimum Gasteiger partial charge on any atom is -0.396 e. The summed E-state index contributed by atoms with van der Waals surface area (Å²) in [6.45, 7) is 1.18. The number of anilines is 1. The van der Waals surface area contributed by atoms with Crippen molar-refractivity contribution in [2.75, 3.05) is 18.5 Å². The van der Waals surface area contributed by atoms with Crippen molar-refractivity contribution >= 4 is 21.6 Å². The van der Waals surface area contributed by atoms with Gasteiger partial charge in [0, 0.05) is 23.3 Å². The number of aliphatic hydroxyl groups is 1. The smallest absolute Gasteiger partial charge is 0.0484 e. The molecule has 3 heteroatoms. The predicted molar refractivity (Wildman–Crippen MR) is 59.0 cm³/mol. The molecule has 0 atom stereocenters. The van der Waals surface area contributed by atoms with Crippen LogP contribution in [0, 0.1) is 0 Å². The van der Waals surface area contributed by atoms with Crippen molar-refractivity contribution in [2.24, 2.45) is 0 Å². The van der Waals surface area contributed by atoms with Gasteiger partial charge in [0.25, 0.3) is 0 Å². The summed E-state index contributed by atoms with van der Waals surface area (Å²) < 4.78 is 1.08. The average molecular weight is 244 g/mol. The third-order valence-electron chi connectivity index (χ3n) is 1.77. The number of para-hydroxylation sites is 1. The predicted octanol–water partition coefficient (Wildman–Crippen LogP) is 2.63. The summed E-state index contributed by atoms with van der Waals surface area (Å²) in [6, 6.07) is 8.03. The lowest BCUT2D eigenvalue weighted by atomic mass is 10.3. The number of rotatable bonds is 5. The van der Waals surface area contributed by atoms with E-state index in [0.29, 0.717) is 0 Å². The lowest BCUT2D eigenvalue weighted by Crippen LogP contribution is -2.02. The van der Waals surface area contributed by atoms with Crippen molar-refractivity contribution in [2.45, 2.75) is 12.8 Å². The largest absolute Gasteiger partial charge is 0.396 e. The second-order valence-electron chi connectivity index (χ2n) is 2.84. The molecule has 0 radical (unpaired) electrons. The maximum Gasteiger partial charge on any atom is 0.0484 e. The fourth-order valence-electron chi connectivity index (χ4n) is 1.06. The summed E-state index contributed by atoms with van der Waals surface area (Å²) in [4.78, 5) is 0.